The summed E-state index contributed by atoms with van der Waals surface area (Å²) in [4.78, 5) is 0.182. The van der Waals surface area contributed by atoms with Gasteiger partial charge < -0.3 is 5.73 Å². The van der Waals surface area contributed by atoms with Crippen LogP contribution in [0.2, 0.25) is 0 Å². The number of thiocarbonyl (C=S) groups is 1. The van der Waals surface area contributed by atoms with Gasteiger partial charge in [0, 0.05) is 7.05 Å². The Morgan fingerprint density at radius 2 is 1.83 bits per heavy atom. The van der Waals surface area contributed by atoms with Crippen molar-refractivity contribution in [2.24, 2.45) is 5.73 Å². The highest BCUT2D eigenvalue weighted by molar-refractivity contribution is 7.89. The van der Waals surface area contributed by atoms with Crippen LogP contribution in [-0.2, 0) is 10.0 Å². The van der Waals surface area contributed by atoms with Crippen LogP contribution in [0.1, 0.15) is 11.1 Å². The fourth-order valence-electron chi connectivity index (χ4n) is 1.76. The van der Waals surface area contributed by atoms with E-state index >= 15 is 0 Å². The molecule has 7 heteroatoms. The van der Waals surface area contributed by atoms with E-state index in [1.807, 2.05) is 0 Å². The van der Waals surface area contributed by atoms with E-state index in [9.17, 15) is 12.8 Å². The number of halogens is 1. The van der Waals surface area contributed by atoms with Crippen LogP contribution in [0.5, 0.6) is 0 Å². The molecule has 18 heavy (non-hydrogen) atoms. The standard InChI is InChI=1S/C11H15FN2O2S2/c1-7-4-9(12)5-8(2)11(7)18(15,16)14(3)6-10(13)17/h4-5H,6H2,1-3H3,(H2,13,17). The minimum atomic E-state index is -3.71. The summed E-state index contributed by atoms with van der Waals surface area (Å²) < 4.78 is 38.8. The lowest BCUT2D eigenvalue weighted by atomic mass is 10.1. The predicted octanol–water partition coefficient (Wildman–Crippen LogP) is 1.35. The van der Waals surface area contributed by atoms with Crippen molar-refractivity contribution in [2.75, 3.05) is 13.6 Å². The Morgan fingerprint density at radius 3 is 2.22 bits per heavy atom. The highest BCUT2D eigenvalue weighted by Crippen LogP contribution is 2.24. The van der Waals surface area contributed by atoms with Gasteiger partial charge in [-0.05, 0) is 37.1 Å². The summed E-state index contributed by atoms with van der Waals surface area (Å²) in [6, 6.07) is 2.38. The molecule has 0 aromatic heterocycles. The third kappa shape index (κ3) is 3.04. The zero-order valence-corrected chi connectivity index (χ0v) is 12.0. The van der Waals surface area contributed by atoms with Crippen molar-refractivity contribution >= 4 is 27.2 Å². The predicted molar refractivity (Wildman–Crippen MR) is 72.5 cm³/mol. The van der Waals surface area contributed by atoms with Crippen LogP contribution in [0, 0.1) is 19.7 Å². The number of sulfonamides is 1. The number of hydrogen-bond donors (Lipinski definition) is 1. The lowest BCUT2D eigenvalue weighted by Gasteiger charge is -2.19. The van der Waals surface area contributed by atoms with Crippen LogP contribution in [0.4, 0.5) is 4.39 Å². The van der Waals surface area contributed by atoms with Crippen molar-refractivity contribution in [1.82, 2.24) is 4.31 Å². The summed E-state index contributed by atoms with van der Waals surface area (Å²) in [5.74, 6) is -0.457. The summed E-state index contributed by atoms with van der Waals surface area (Å²) >= 11 is 4.69. The van der Waals surface area contributed by atoms with Crippen molar-refractivity contribution in [3.05, 3.63) is 29.1 Å². The largest absolute Gasteiger partial charge is 0.392 e. The Bertz CT molecular complexity index is 562. The van der Waals surface area contributed by atoms with Crippen molar-refractivity contribution in [3.63, 3.8) is 0 Å². The van der Waals surface area contributed by atoms with Crippen molar-refractivity contribution in [1.29, 1.82) is 0 Å². The van der Waals surface area contributed by atoms with Crippen LogP contribution in [0.15, 0.2) is 17.0 Å². The van der Waals surface area contributed by atoms with E-state index in [-0.39, 0.29) is 16.4 Å². The Morgan fingerprint density at radius 1 is 1.39 bits per heavy atom. The average Bonchev–Trinajstić information content (AvgIpc) is 2.13. The van der Waals surface area contributed by atoms with Gasteiger partial charge in [0.2, 0.25) is 10.0 Å². The molecule has 0 radical (unpaired) electrons. The monoisotopic (exact) mass is 290 g/mol. The second-order valence-corrected chi connectivity index (χ2v) is 6.60. The van der Waals surface area contributed by atoms with Gasteiger partial charge in [0.1, 0.15) is 5.82 Å². The van der Waals surface area contributed by atoms with Gasteiger partial charge in [-0.2, -0.15) is 4.31 Å². The first-order chi connectivity index (χ1) is 8.16. The molecule has 1 aromatic carbocycles. The number of benzene rings is 1. The van der Waals surface area contributed by atoms with Crippen molar-refractivity contribution in [3.8, 4) is 0 Å². The molecular formula is C11H15FN2O2S2. The topological polar surface area (TPSA) is 63.4 Å². The molecule has 0 saturated carbocycles. The van der Waals surface area contributed by atoms with Gasteiger partial charge in [-0.25, -0.2) is 12.8 Å². The van der Waals surface area contributed by atoms with Gasteiger partial charge in [0.05, 0.1) is 16.4 Å². The molecule has 0 aliphatic heterocycles. The van der Waals surface area contributed by atoms with Crippen LogP contribution in [0.3, 0.4) is 0 Å². The van der Waals surface area contributed by atoms with Gasteiger partial charge >= 0.3 is 0 Å². The maximum atomic E-state index is 13.2. The molecule has 0 fully saturated rings. The van der Waals surface area contributed by atoms with Crippen molar-refractivity contribution < 1.29 is 12.8 Å². The highest BCUT2D eigenvalue weighted by atomic mass is 32.2. The summed E-state index contributed by atoms with van der Waals surface area (Å²) in [5, 5.41) is 0. The zero-order valence-electron chi connectivity index (χ0n) is 10.4. The number of aryl methyl sites for hydroxylation is 2. The number of likely N-dealkylation sites (N-methyl/N-ethyl adjacent to an activating group) is 1. The SMILES string of the molecule is Cc1cc(F)cc(C)c1S(=O)(=O)N(C)CC(N)=S. The first kappa shape index (κ1) is 15.0. The molecule has 0 heterocycles. The molecule has 4 nitrogen and oxygen atoms in total. The summed E-state index contributed by atoms with van der Waals surface area (Å²) in [6.45, 7) is 3.06. The molecule has 1 rings (SSSR count). The number of hydrogen-bond acceptors (Lipinski definition) is 3. The van der Waals surface area contributed by atoms with E-state index in [2.05, 4.69) is 12.2 Å². The van der Waals surface area contributed by atoms with Crippen LogP contribution in [0.25, 0.3) is 0 Å². The molecule has 0 bridgehead atoms. The Hall–Kier alpha value is -1.05. The first-order valence-electron chi connectivity index (χ1n) is 5.17. The third-order valence-corrected chi connectivity index (χ3v) is 4.71. The molecule has 1 aromatic rings. The second-order valence-electron chi connectivity index (χ2n) is 4.10. The molecule has 2 N–H and O–H groups in total. The van der Waals surface area contributed by atoms with Gasteiger partial charge in [-0.15, -0.1) is 0 Å². The minimum absolute atomic E-state index is 0.0477. The summed E-state index contributed by atoms with van der Waals surface area (Å²) in [5.41, 5.74) is 6.06. The number of nitrogens with two attached hydrogens (primary N) is 1. The molecule has 0 spiro atoms. The number of rotatable bonds is 4. The zero-order chi connectivity index (χ0) is 14.1. The lowest BCUT2D eigenvalue weighted by Crippen LogP contribution is -2.35. The molecular weight excluding hydrogens is 275 g/mol. The Kier molecular flexibility index (Phi) is 4.41. The van der Waals surface area contributed by atoms with E-state index in [0.29, 0.717) is 11.1 Å². The molecule has 0 amide bonds. The average molecular weight is 290 g/mol. The van der Waals surface area contributed by atoms with Crippen LogP contribution in [-0.4, -0.2) is 31.3 Å². The normalized spacial score (nSPS) is 11.8. The van der Waals surface area contributed by atoms with Gasteiger partial charge in [0.15, 0.2) is 0 Å². The Balaban J connectivity index is 3.33. The van der Waals surface area contributed by atoms with E-state index in [4.69, 9.17) is 5.73 Å². The molecule has 0 atom stereocenters. The van der Waals surface area contributed by atoms with E-state index in [1.165, 1.54) is 19.2 Å². The fraction of sp³-hybridized carbons (Fsp3) is 0.364. The van der Waals surface area contributed by atoms with Crippen LogP contribution < -0.4 is 5.73 Å². The van der Waals surface area contributed by atoms with E-state index in [1.54, 1.807) is 13.8 Å². The van der Waals surface area contributed by atoms with E-state index in [0.717, 1.165) is 4.31 Å². The van der Waals surface area contributed by atoms with Gasteiger partial charge in [-0.1, -0.05) is 12.2 Å². The highest BCUT2D eigenvalue weighted by Gasteiger charge is 2.25. The second kappa shape index (κ2) is 5.29. The smallest absolute Gasteiger partial charge is 0.243 e. The van der Waals surface area contributed by atoms with Gasteiger partial charge in [0.25, 0.3) is 0 Å². The van der Waals surface area contributed by atoms with E-state index < -0.39 is 15.8 Å². The fourth-order valence-corrected chi connectivity index (χ4v) is 3.59. The summed E-state index contributed by atoms with van der Waals surface area (Å²) in [7, 11) is -2.33. The molecule has 0 aliphatic carbocycles. The molecule has 0 saturated heterocycles. The van der Waals surface area contributed by atoms with Crippen LogP contribution >= 0.6 is 12.2 Å². The molecule has 0 aliphatic rings. The quantitative estimate of drug-likeness (QED) is 0.850. The third-order valence-electron chi connectivity index (χ3n) is 2.47. The molecule has 100 valence electrons. The Labute approximate surface area is 112 Å². The number of nitrogens with zero attached hydrogens (tertiary/aromatic N) is 1. The maximum absolute atomic E-state index is 13.2. The first-order valence-corrected chi connectivity index (χ1v) is 7.02. The minimum Gasteiger partial charge on any atom is -0.392 e. The molecule has 0 unspecified atom stereocenters. The summed E-state index contributed by atoms with van der Waals surface area (Å²) in [6.07, 6.45) is 0. The maximum Gasteiger partial charge on any atom is 0.243 e. The van der Waals surface area contributed by atoms with Crippen molar-refractivity contribution in [2.45, 2.75) is 18.7 Å². The lowest BCUT2D eigenvalue weighted by molar-refractivity contribution is 0.504. The van der Waals surface area contributed by atoms with Gasteiger partial charge in [-0.3, -0.25) is 0 Å².